The minimum absolute atomic E-state index is 0.00172. The van der Waals surface area contributed by atoms with Crippen LogP contribution in [-0.2, 0) is 11.3 Å². The highest BCUT2D eigenvalue weighted by Crippen LogP contribution is 2.29. The summed E-state index contributed by atoms with van der Waals surface area (Å²) in [6.45, 7) is 2.73. The molecule has 2 aliphatic rings. The van der Waals surface area contributed by atoms with E-state index in [0.29, 0.717) is 18.8 Å². The van der Waals surface area contributed by atoms with Crippen LogP contribution in [0, 0.1) is 5.92 Å². The van der Waals surface area contributed by atoms with Gasteiger partial charge in [0.05, 0.1) is 24.4 Å². The van der Waals surface area contributed by atoms with Gasteiger partial charge in [-0.1, -0.05) is 5.21 Å². The summed E-state index contributed by atoms with van der Waals surface area (Å²) in [5, 5.41) is 10.2. The zero-order valence-corrected chi connectivity index (χ0v) is 13.6. The average Bonchev–Trinajstić information content (AvgIpc) is 3.05. The van der Waals surface area contributed by atoms with Gasteiger partial charge >= 0.3 is 0 Å². The number of nitrogens with zero attached hydrogens (tertiary/aromatic N) is 5. The lowest BCUT2D eigenvalue weighted by molar-refractivity contribution is 0.0782. The van der Waals surface area contributed by atoms with Crippen LogP contribution < -0.4 is 0 Å². The van der Waals surface area contributed by atoms with Crippen molar-refractivity contribution in [2.75, 3.05) is 19.7 Å². The zero-order chi connectivity index (χ0) is 15.6. The number of carbonyl (C=O) groups excluding carboxylic acids is 1. The van der Waals surface area contributed by atoms with E-state index in [2.05, 4.69) is 15.3 Å². The van der Waals surface area contributed by atoms with E-state index in [1.54, 1.807) is 10.9 Å². The minimum atomic E-state index is 0.00172. The summed E-state index contributed by atoms with van der Waals surface area (Å²) in [5.74, 6) is 0.756. The minimum Gasteiger partial charge on any atom is -0.375 e. The first-order valence-electron chi connectivity index (χ1n) is 7.95. The molecule has 23 heavy (non-hydrogen) atoms. The third-order valence-electron chi connectivity index (χ3n) is 4.33. The molecule has 3 heterocycles. The molecule has 7 nitrogen and oxygen atoms in total. The molecule has 0 spiro atoms. The summed E-state index contributed by atoms with van der Waals surface area (Å²) in [6, 6.07) is 0.183. The van der Waals surface area contributed by atoms with Gasteiger partial charge in [-0.15, -0.1) is 16.4 Å². The summed E-state index contributed by atoms with van der Waals surface area (Å²) in [4.78, 5) is 18.2. The molecule has 2 aromatic heterocycles. The predicted molar refractivity (Wildman–Crippen MR) is 84.1 cm³/mol. The summed E-state index contributed by atoms with van der Waals surface area (Å²) >= 11 is 1.44. The SMILES string of the molecule is O=C(c1cscn1)N1CCC(n2cc(COCC3CC3)nn2)C1. The molecule has 4 rings (SSSR count). The fourth-order valence-corrected chi connectivity index (χ4v) is 3.32. The van der Waals surface area contributed by atoms with Crippen molar-refractivity contribution in [1.29, 1.82) is 0 Å². The molecule has 8 heteroatoms. The van der Waals surface area contributed by atoms with Gasteiger partial charge in [0.2, 0.25) is 0 Å². The molecule has 1 aliphatic carbocycles. The first-order chi connectivity index (χ1) is 11.3. The van der Waals surface area contributed by atoms with Crippen LogP contribution in [0.5, 0.6) is 0 Å². The number of rotatable bonds is 6. The van der Waals surface area contributed by atoms with Crippen molar-refractivity contribution in [3.05, 3.63) is 28.5 Å². The molecule has 1 saturated carbocycles. The Morgan fingerprint density at radius 2 is 2.30 bits per heavy atom. The van der Waals surface area contributed by atoms with E-state index in [1.165, 1.54) is 24.2 Å². The lowest BCUT2D eigenvalue weighted by atomic mass is 10.3. The molecule has 2 aromatic rings. The van der Waals surface area contributed by atoms with E-state index in [9.17, 15) is 4.79 Å². The van der Waals surface area contributed by atoms with Gasteiger partial charge in [0.25, 0.3) is 5.91 Å². The van der Waals surface area contributed by atoms with E-state index in [0.717, 1.165) is 31.2 Å². The van der Waals surface area contributed by atoms with Crippen LogP contribution in [0.3, 0.4) is 0 Å². The highest BCUT2D eigenvalue weighted by Gasteiger charge is 2.29. The number of hydrogen-bond acceptors (Lipinski definition) is 6. The average molecular weight is 333 g/mol. The topological polar surface area (TPSA) is 73.1 Å². The van der Waals surface area contributed by atoms with Crippen LogP contribution in [0.4, 0.5) is 0 Å². The molecule has 1 atom stereocenters. The van der Waals surface area contributed by atoms with Crippen LogP contribution in [0.15, 0.2) is 17.1 Å². The Morgan fingerprint density at radius 3 is 3.09 bits per heavy atom. The molecule has 2 fully saturated rings. The van der Waals surface area contributed by atoms with Crippen molar-refractivity contribution in [3.8, 4) is 0 Å². The Bertz CT molecular complexity index is 667. The maximum atomic E-state index is 12.3. The molecule has 0 bridgehead atoms. The number of amides is 1. The summed E-state index contributed by atoms with van der Waals surface area (Å²) in [7, 11) is 0. The second-order valence-corrected chi connectivity index (χ2v) is 6.93. The summed E-state index contributed by atoms with van der Waals surface area (Å²) < 4.78 is 7.51. The molecule has 0 radical (unpaired) electrons. The van der Waals surface area contributed by atoms with Crippen molar-refractivity contribution in [1.82, 2.24) is 24.9 Å². The lowest BCUT2D eigenvalue weighted by Crippen LogP contribution is -2.29. The van der Waals surface area contributed by atoms with Crippen LogP contribution >= 0.6 is 11.3 Å². The number of carbonyl (C=O) groups is 1. The van der Waals surface area contributed by atoms with Crippen LogP contribution in [0.25, 0.3) is 0 Å². The molecule has 0 N–H and O–H groups in total. The summed E-state index contributed by atoms with van der Waals surface area (Å²) in [6.07, 6.45) is 5.41. The molecular weight excluding hydrogens is 314 g/mol. The van der Waals surface area contributed by atoms with Crippen LogP contribution in [0.1, 0.15) is 41.5 Å². The number of thiazole rings is 1. The Balaban J connectivity index is 1.32. The molecule has 1 saturated heterocycles. The van der Waals surface area contributed by atoms with Gasteiger partial charge in [0.1, 0.15) is 11.4 Å². The lowest BCUT2D eigenvalue weighted by Gasteiger charge is -2.14. The van der Waals surface area contributed by atoms with Crippen molar-refractivity contribution < 1.29 is 9.53 Å². The van der Waals surface area contributed by atoms with Gasteiger partial charge in [-0.2, -0.15) is 0 Å². The largest absolute Gasteiger partial charge is 0.375 e. The second-order valence-electron chi connectivity index (χ2n) is 6.22. The number of ether oxygens (including phenoxy) is 1. The van der Waals surface area contributed by atoms with Gasteiger partial charge in [-0.25, -0.2) is 9.67 Å². The van der Waals surface area contributed by atoms with Gasteiger partial charge in [-0.05, 0) is 25.2 Å². The van der Waals surface area contributed by atoms with Gasteiger partial charge in [0, 0.05) is 25.1 Å². The Morgan fingerprint density at radius 1 is 1.39 bits per heavy atom. The van der Waals surface area contributed by atoms with Crippen LogP contribution in [0.2, 0.25) is 0 Å². The molecule has 122 valence electrons. The normalized spacial score (nSPS) is 21.0. The van der Waals surface area contributed by atoms with Crippen molar-refractivity contribution in [2.45, 2.75) is 31.9 Å². The Hall–Kier alpha value is -1.80. The van der Waals surface area contributed by atoms with E-state index in [1.807, 2.05) is 15.8 Å². The van der Waals surface area contributed by atoms with E-state index in [-0.39, 0.29) is 11.9 Å². The van der Waals surface area contributed by atoms with E-state index >= 15 is 0 Å². The van der Waals surface area contributed by atoms with Gasteiger partial charge in [0.15, 0.2) is 0 Å². The van der Waals surface area contributed by atoms with Crippen molar-refractivity contribution in [2.24, 2.45) is 5.92 Å². The van der Waals surface area contributed by atoms with Gasteiger partial charge in [-0.3, -0.25) is 4.79 Å². The van der Waals surface area contributed by atoms with Crippen LogP contribution in [-0.4, -0.2) is 50.5 Å². The first-order valence-corrected chi connectivity index (χ1v) is 8.90. The monoisotopic (exact) mass is 333 g/mol. The summed E-state index contributed by atoms with van der Waals surface area (Å²) in [5.41, 5.74) is 3.07. The molecule has 1 amide bonds. The number of likely N-dealkylation sites (tertiary alicyclic amines) is 1. The van der Waals surface area contributed by atoms with Gasteiger partial charge < -0.3 is 9.64 Å². The van der Waals surface area contributed by atoms with E-state index in [4.69, 9.17) is 4.74 Å². The Kier molecular flexibility index (Phi) is 4.09. The highest BCUT2D eigenvalue weighted by molar-refractivity contribution is 7.07. The third kappa shape index (κ3) is 3.42. The second kappa shape index (κ2) is 6.37. The fourth-order valence-electron chi connectivity index (χ4n) is 2.80. The molecule has 1 aliphatic heterocycles. The van der Waals surface area contributed by atoms with Crippen molar-refractivity contribution >= 4 is 17.2 Å². The zero-order valence-electron chi connectivity index (χ0n) is 12.8. The Labute approximate surface area is 138 Å². The quantitative estimate of drug-likeness (QED) is 0.805. The smallest absolute Gasteiger partial charge is 0.273 e. The predicted octanol–water partition coefficient (Wildman–Crippen LogP) is 1.75. The highest BCUT2D eigenvalue weighted by atomic mass is 32.1. The van der Waals surface area contributed by atoms with E-state index < -0.39 is 0 Å². The third-order valence-corrected chi connectivity index (χ3v) is 4.92. The fraction of sp³-hybridized carbons (Fsp3) is 0.600. The standard InChI is InChI=1S/C15H19N5O2S/c21-15(14-9-23-10-16-14)19-4-3-13(6-19)20-5-12(17-18-20)8-22-7-11-1-2-11/h5,9-11,13H,1-4,6-8H2. The molecule has 1 unspecified atom stereocenters. The number of aromatic nitrogens is 4. The molecule has 0 aromatic carbocycles. The molecular formula is C15H19N5O2S. The first kappa shape index (κ1) is 14.8. The maximum absolute atomic E-state index is 12.3. The maximum Gasteiger partial charge on any atom is 0.273 e. The number of hydrogen-bond donors (Lipinski definition) is 0. The van der Waals surface area contributed by atoms with Crippen molar-refractivity contribution in [3.63, 3.8) is 0 Å².